The topological polar surface area (TPSA) is 61.4 Å². The zero-order valence-corrected chi connectivity index (χ0v) is 5.98. The summed E-state index contributed by atoms with van der Waals surface area (Å²) in [6, 6.07) is 0. The van der Waals surface area contributed by atoms with Crippen LogP contribution in [-0.2, 0) is 4.79 Å². The molecule has 0 radical (unpaired) electrons. The van der Waals surface area contributed by atoms with Crippen LogP contribution in [-0.4, -0.2) is 30.3 Å². The highest BCUT2D eigenvalue weighted by molar-refractivity contribution is 5.78. The molecule has 1 rings (SSSR count). The van der Waals surface area contributed by atoms with E-state index in [9.17, 15) is 4.79 Å². The Bertz CT molecular complexity index is 141. The number of hydrogen-bond acceptors (Lipinski definition) is 3. The van der Waals surface area contributed by atoms with Gasteiger partial charge in [0, 0.05) is 0 Å². The molecule has 0 aromatic heterocycles. The normalized spacial score (nSPS) is 32.5. The Labute approximate surface area is 59.6 Å². The molecule has 1 fully saturated rings. The summed E-state index contributed by atoms with van der Waals surface area (Å²) in [7, 11) is 1.66. The molecule has 0 bridgehead atoms. The summed E-state index contributed by atoms with van der Waals surface area (Å²) < 4.78 is 0. The van der Waals surface area contributed by atoms with E-state index in [2.05, 4.69) is 10.6 Å². The first-order valence-corrected chi connectivity index (χ1v) is 3.38. The molecular weight excluding hydrogens is 132 g/mol. The second kappa shape index (κ2) is 2.56. The number of aliphatic carboxylic acids is 1. The van der Waals surface area contributed by atoms with Gasteiger partial charge in [-0.2, -0.15) is 0 Å². The molecule has 0 amide bonds. The van der Waals surface area contributed by atoms with Crippen LogP contribution in [0.4, 0.5) is 0 Å². The van der Waals surface area contributed by atoms with Crippen LogP contribution < -0.4 is 10.6 Å². The van der Waals surface area contributed by atoms with E-state index in [1.54, 1.807) is 7.05 Å². The molecular formula is C6H12N2O2. The fourth-order valence-corrected chi connectivity index (χ4v) is 1.25. The zero-order valence-electron chi connectivity index (χ0n) is 5.98. The van der Waals surface area contributed by atoms with Crippen molar-refractivity contribution in [3.8, 4) is 0 Å². The molecule has 1 atom stereocenters. The van der Waals surface area contributed by atoms with Gasteiger partial charge in [-0.25, -0.2) is 4.79 Å². The van der Waals surface area contributed by atoms with Crippen LogP contribution in [0.1, 0.15) is 12.8 Å². The van der Waals surface area contributed by atoms with Crippen molar-refractivity contribution >= 4 is 5.97 Å². The molecule has 0 aliphatic carbocycles. The minimum atomic E-state index is -0.847. The van der Waals surface area contributed by atoms with E-state index >= 15 is 0 Å². The lowest BCUT2D eigenvalue weighted by molar-refractivity contribution is -0.145. The van der Waals surface area contributed by atoms with Crippen molar-refractivity contribution < 1.29 is 9.90 Å². The minimum absolute atomic E-state index is 0.666. The molecule has 0 saturated carbocycles. The van der Waals surface area contributed by atoms with Crippen molar-refractivity contribution in [2.45, 2.75) is 18.5 Å². The molecule has 1 unspecified atom stereocenters. The second-order valence-corrected chi connectivity index (χ2v) is 2.49. The van der Waals surface area contributed by atoms with Gasteiger partial charge in [0.15, 0.2) is 5.66 Å². The fraction of sp³-hybridized carbons (Fsp3) is 0.833. The maximum Gasteiger partial charge on any atom is 0.338 e. The smallest absolute Gasteiger partial charge is 0.338 e. The number of carboxylic acid groups (broad SMARTS) is 1. The van der Waals surface area contributed by atoms with Crippen molar-refractivity contribution in [2.24, 2.45) is 0 Å². The van der Waals surface area contributed by atoms with E-state index in [1.807, 2.05) is 0 Å². The fourth-order valence-electron chi connectivity index (χ4n) is 1.25. The summed E-state index contributed by atoms with van der Waals surface area (Å²) in [6.07, 6.45) is 1.59. The Balaban J connectivity index is 2.67. The lowest BCUT2D eigenvalue weighted by Crippen LogP contribution is -2.57. The van der Waals surface area contributed by atoms with E-state index in [-0.39, 0.29) is 0 Å². The van der Waals surface area contributed by atoms with Gasteiger partial charge >= 0.3 is 5.97 Å². The molecule has 58 valence electrons. The van der Waals surface area contributed by atoms with Crippen LogP contribution in [0.5, 0.6) is 0 Å². The third-order valence-corrected chi connectivity index (χ3v) is 1.95. The Morgan fingerprint density at radius 1 is 1.80 bits per heavy atom. The first-order valence-electron chi connectivity index (χ1n) is 3.38. The van der Waals surface area contributed by atoms with Crippen molar-refractivity contribution in [1.82, 2.24) is 10.6 Å². The van der Waals surface area contributed by atoms with Gasteiger partial charge in [0.25, 0.3) is 0 Å². The summed E-state index contributed by atoms with van der Waals surface area (Å²) >= 11 is 0. The van der Waals surface area contributed by atoms with Crippen LogP contribution in [0.25, 0.3) is 0 Å². The Hall–Kier alpha value is -0.610. The van der Waals surface area contributed by atoms with Crippen molar-refractivity contribution in [3.63, 3.8) is 0 Å². The van der Waals surface area contributed by atoms with Gasteiger partial charge < -0.3 is 5.11 Å². The predicted molar refractivity (Wildman–Crippen MR) is 36.7 cm³/mol. The highest BCUT2D eigenvalue weighted by Crippen LogP contribution is 2.15. The lowest BCUT2D eigenvalue weighted by atomic mass is 10.1. The molecule has 0 aromatic rings. The van der Waals surface area contributed by atoms with Gasteiger partial charge in [-0.3, -0.25) is 10.6 Å². The van der Waals surface area contributed by atoms with Gasteiger partial charge in [-0.05, 0) is 26.4 Å². The van der Waals surface area contributed by atoms with Crippen LogP contribution in [0, 0.1) is 0 Å². The highest BCUT2D eigenvalue weighted by Gasteiger charge is 2.39. The Morgan fingerprint density at radius 2 is 2.50 bits per heavy atom. The van der Waals surface area contributed by atoms with Crippen molar-refractivity contribution in [1.29, 1.82) is 0 Å². The molecule has 1 aliphatic heterocycles. The average Bonchev–Trinajstić information content (AvgIpc) is 2.35. The zero-order chi connectivity index (χ0) is 7.61. The maximum atomic E-state index is 10.6. The van der Waals surface area contributed by atoms with E-state index in [0.29, 0.717) is 6.42 Å². The van der Waals surface area contributed by atoms with Crippen LogP contribution >= 0.6 is 0 Å². The number of likely N-dealkylation sites (N-methyl/N-ethyl adjacent to an activating group) is 1. The monoisotopic (exact) mass is 144 g/mol. The summed E-state index contributed by atoms with van der Waals surface area (Å²) in [5, 5.41) is 14.4. The SMILES string of the molecule is CNC1(C(=O)O)CCCN1. The standard InChI is InChI=1S/C6H12N2O2/c1-7-6(5(9)10)3-2-4-8-6/h7-8H,2-4H2,1H3,(H,9,10). The molecule has 0 spiro atoms. The third-order valence-electron chi connectivity index (χ3n) is 1.95. The first kappa shape index (κ1) is 7.50. The van der Waals surface area contributed by atoms with Crippen molar-refractivity contribution in [3.05, 3.63) is 0 Å². The average molecular weight is 144 g/mol. The van der Waals surface area contributed by atoms with E-state index in [0.717, 1.165) is 13.0 Å². The van der Waals surface area contributed by atoms with Gasteiger partial charge in [0.1, 0.15) is 0 Å². The van der Waals surface area contributed by atoms with Gasteiger partial charge in [0.2, 0.25) is 0 Å². The number of hydrogen-bond donors (Lipinski definition) is 3. The van der Waals surface area contributed by atoms with Crippen LogP contribution in [0.2, 0.25) is 0 Å². The molecule has 10 heavy (non-hydrogen) atoms. The van der Waals surface area contributed by atoms with Crippen molar-refractivity contribution in [2.75, 3.05) is 13.6 Å². The van der Waals surface area contributed by atoms with Gasteiger partial charge in [-0.1, -0.05) is 0 Å². The molecule has 4 heteroatoms. The van der Waals surface area contributed by atoms with Gasteiger partial charge in [0.05, 0.1) is 0 Å². The molecule has 4 nitrogen and oxygen atoms in total. The maximum absolute atomic E-state index is 10.6. The molecule has 0 aromatic carbocycles. The van der Waals surface area contributed by atoms with Gasteiger partial charge in [-0.15, -0.1) is 0 Å². The summed E-state index contributed by atoms with van der Waals surface area (Å²) in [4.78, 5) is 10.6. The molecule has 1 aliphatic rings. The van der Waals surface area contributed by atoms with E-state index in [1.165, 1.54) is 0 Å². The lowest BCUT2D eigenvalue weighted by Gasteiger charge is -2.22. The summed E-state index contributed by atoms with van der Waals surface area (Å²) in [5.41, 5.74) is -0.847. The van der Waals surface area contributed by atoms with E-state index in [4.69, 9.17) is 5.11 Å². The second-order valence-electron chi connectivity index (χ2n) is 2.49. The Kier molecular flexibility index (Phi) is 1.92. The predicted octanol–water partition coefficient (Wildman–Crippen LogP) is -0.630. The number of carbonyl (C=O) groups is 1. The highest BCUT2D eigenvalue weighted by atomic mass is 16.4. The van der Waals surface area contributed by atoms with E-state index < -0.39 is 11.6 Å². The summed E-state index contributed by atoms with van der Waals surface area (Å²) in [5.74, 6) is -0.812. The van der Waals surface area contributed by atoms with Crippen LogP contribution in [0.3, 0.4) is 0 Å². The largest absolute Gasteiger partial charge is 0.479 e. The first-order chi connectivity index (χ1) is 4.71. The molecule has 1 saturated heterocycles. The molecule has 3 N–H and O–H groups in total. The third kappa shape index (κ3) is 0.998. The van der Waals surface area contributed by atoms with Crippen LogP contribution in [0.15, 0.2) is 0 Å². The number of carboxylic acids is 1. The quantitative estimate of drug-likeness (QED) is 0.483. The number of nitrogens with one attached hydrogen (secondary N) is 2. The summed E-state index contributed by atoms with van der Waals surface area (Å²) in [6.45, 7) is 0.785. The Morgan fingerprint density at radius 3 is 2.70 bits per heavy atom. The number of rotatable bonds is 2. The molecule has 1 heterocycles. The minimum Gasteiger partial charge on any atom is -0.479 e.